The van der Waals surface area contributed by atoms with Gasteiger partial charge in [-0.15, -0.1) is 0 Å². The molecule has 0 radical (unpaired) electrons. The van der Waals surface area contributed by atoms with E-state index in [0.29, 0.717) is 23.9 Å². The lowest BCUT2D eigenvalue weighted by molar-refractivity contribution is -0.140. The van der Waals surface area contributed by atoms with Crippen LogP contribution >= 0.6 is 27.5 Å². The lowest BCUT2D eigenvalue weighted by Crippen LogP contribution is -2.53. The summed E-state index contributed by atoms with van der Waals surface area (Å²) < 4.78 is 35.7. The molecule has 0 heterocycles. The van der Waals surface area contributed by atoms with Crippen LogP contribution in [-0.4, -0.2) is 50.9 Å². The van der Waals surface area contributed by atoms with Crippen LogP contribution in [0.1, 0.15) is 25.0 Å². The number of anilines is 1. The summed E-state index contributed by atoms with van der Waals surface area (Å²) >= 11 is 9.49. The molecule has 0 spiro atoms. The lowest BCUT2D eigenvalue weighted by Gasteiger charge is -2.34. The van der Waals surface area contributed by atoms with E-state index in [0.717, 1.165) is 19.9 Å². The first kappa shape index (κ1) is 34.0. The molecule has 0 aromatic heterocycles. The first-order valence-corrected chi connectivity index (χ1v) is 17.1. The predicted octanol–water partition coefficient (Wildman–Crippen LogP) is 6.47. The first-order valence-electron chi connectivity index (χ1n) is 14.5. The maximum absolute atomic E-state index is 14.4. The summed E-state index contributed by atoms with van der Waals surface area (Å²) in [5.74, 6) is -0.316. The average Bonchev–Trinajstić information content (AvgIpc) is 3.03. The van der Waals surface area contributed by atoms with E-state index >= 15 is 0 Å². The Morgan fingerprint density at radius 1 is 0.867 bits per heavy atom. The normalized spacial score (nSPS) is 11.8. The minimum Gasteiger partial charge on any atom is -0.494 e. The van der Waals surface area contributed by atoms with E-state index in [1.165, 1.54) is 29.2 Å². The second-order valence-corrected chi connectivity index (χ2v) is 13.4. The van der Waals surface area contributed by atoms with E-state index < -0.39 is 28.5 Å². The van der Waals surface area contributed by atoms with E-state index in [9.17, 15) is 18.0 Å². The third-order valence-electron chi connectivity index (χ3n) is 7.00. The Hall–Kier alpha value is -3.86. The Morgan fingerprint density at radius 2 is 1.51 bits per heavy atom. The van der Waals surface area contributed by atoms with Gasteiger partial charge in [-0.25, -0.2) is 8.42 Å². The average molecular weight is 713 g/mol. The van der Waals surface area contributed by atoms with Crippen molar-refractivity contribution in [3.8, 4) is 5.75 Å². The number of rotatable bonds is 14. The zero-order chi connectivity index (χ0) is 32.4. The van der Waals surface area contributed by atoms with Crippen LogP contribution in [0.4, 0.5) is 5.69 Å². The Bertz CT molecular complexity index is 1670. The number of nitrogens with one attached hydrogen (secondary N) is 1. The fourth-order valence-corrected chi connectivity index (χ4v) is 6.57. The number of halogens is 2. The maximum Gasteiger partial charge on any atom is 0.264 e. The molecule has 2 amide bonds. The standard InChI is InChI=1S/C34H35BrClN3O5S/c1-3-37-34(41)32(22-25-8-6-5-7-9-25)38(23-26-10-12-27(35)13-11-26)33(40)24-39(29-16-18-30(19-17-29)44-4-2)45(42,43)31-20-14-28(36)15-21-31/h5-21,32H,3-4,22-24H2,1-2H3,(H,37,41)/t32-/m1/s1. The van der Waals surface area contributed by atoms with Gasteiger partial charge in [0.1, 0.15) is 18.3 Å². The van der Waals surface area contributed by atoms with Crippen molar-refractivity contribution in [1.82, 2.24) is 10.2 Å². The second-order valence-electron chi connectivity index (χ2n) is 10.1. The zero-order valence-electron chi connectivity index (χ0n) is 25.0. The molecule has 0 saturated heterocycles. The molecule has 0 aliphatic carbocycles. The quantitative estimate of drug-likeness (QED) is 0.162. The van der Waals surface area contributed by atoms with Gasteiger partial charge >= 0.3 is 0 Å². The number of carbonyl (C=O) groups excluding carboxylic acids is 2. The number of likely N-dealkylation sites (N-methyl/N-ethyl adjacent to an activating group) is 1. The number of hydrogen-bond donors (Lipinski definition) is 1. The van der Waals surface area contributed by atoms with Gasteiger partial charge in [-0.2, -0.15) is 0 Å². The fraction of sp³-hybridized carbons (Fsp3) is 0.235. The third-order valence-corrected chi connectivity index (χ3v) is 9.57. The van der Waals surface area contributed by atoms with Crippen molar-refractivity contribution in [3.63, 3.8) is 0 Å². The molecule has 4 rings (SSSR count). The van der Waals surface area contributed by atoms with Crippen LogP contribution in [0.2, 0.25) is 5.02 Å². The summed E-state index contributed by atoms with van der Waals surface area (Å²) in [6.07, 6.45) is 0.238. The Morgan fingerprint density at radius 3 is 2.11 bits per heavy atom. The van der Waals surface area contributed by atoms with Gasteiger partial charge < -0.3 is 15.0 Å². The zero-order valence-corrected chi connectivity index (χ0v) is 28.2. The van der Waals surface area contributed by atoms with Gasteiger partial charge in [0.2, 0.25) is 11.8 Å². The molecule has 11 heteroatoms. The maximum atomic E-state index is 14.4. The van der Waals surface area contributed by atoms with E-state index in [1.807, 2.05) is 68.4 Å². The Balaban J connectivity index is 1.79. The smallest absolute Gasteiger partial charge is 0.264 e. The van der Waals surface area contributed by atoms with Crippen LogP contribution in [0, 0.1) is 0 Å². The third kappa shape index (κ3) is 9.09. The predicted molar refractivity (Wildman–Crippen MR) is 181 cm³/mol. The van der Waals surface area contributed by atoms with E-state index in [4.69, 9.17) is 16.3 Å². The summed E-state index contributed by atoms with van der Waals surface area (Å²) in [6.45, 7) is 4.00. The monoisotopic (exact) mass is 711 g/mol. The van der Waals surface area contributed by atoms with Gasteiger partial charge in [0, 0.05) is 29.0 Å². The van der Waals surface area contributed by atoms with Crippen LogP contribution in [0.25, 0.3) is 0 Å². The minimum absolute atomic E-state index is 0.0300. The molecule has 0 aliphatic rings. The molecule has 0 saturated carbocycles. The highest BCUT2D eigenvalue weighted by atomic mass is 79.9. The highest BCUT2D eigenvalue weighted by molar-refractivity contribution is 9.10. The SMILES string of the molecule is CCNC(=O)[C@@H](Cc1ccccc1)N(Cc1ccc(Br)cc1)C(=O)CN(c1ccc(OCC)cc1)S(=O)(=O)c1ccc(Cl)cc1. The summed E-state index contributed by atoms with van der Waals surface area (Å²) in [5, 5.41) is 3.24. The lowest BCUT2D eigenvalue weighted by atomic mass is 10.0. The number of nitrogens with zero attached hydrogens (tertiary/aromatic N) is 2. The molecular weight excluding hydrogens is 678 g/mol. The van der Waals surface area contributed by atoms with Crippen LogP contribution in [0.15, 0.2) is 112 Å². The second kappa shape index (κ2) is 15.9. The first-order chi connectivity index (χ1) is 21.6. The molecule has 1 N–H and O–H groups in total. The Kier molecular flexibility index (Phi) is 12.0. The molecule has 4 aromatic carbocycles. The number of carbonyl (C=O) groups is 2. The number of hydrogen-bond acceptors (Lipinski definition) is 5. The van der Waals surface area contributed by atoms with Crippen molar-refractivity contribution < 1.29 is 22.7 Å². The molecule has 8 nitrogen and oxygen atoms in total. The van der Waals surface area contributed by atoms with E-state index in [2.05, 4.69) is 21.2 Å². The molecule has 0 aliphatic heterocycles. The highest BCUT2D eigenvalue weighted by Gasteiger charge is 2.34. The number of benzene rings is 4. The molecule has 0 bridgehead atoms. The molecule has 0 fully saturated rings. The summed E-state index contributed by atoms with van der Waals surface area (Å²) in [7, 11) is -4.24. The van der Waals surface area contributed by atoms with Crippen molar-refractivity contribution in [3.05, 3.63) is 124 Å². The summed E-state index contributed by atoms with van der Waals surface area (Å²) in [5.41, 5.74) is 1.91. The van der Waals surface area contributed by atoms with Gasteiger partial charge in [-0.3, -0.25) is 13.9 Å². The van der Waals surface area contributed by atoms with Gasteiger partial charge in [-0.1, -0.05) is 70.0 Å². The number of ether oxygens (including phenoxy) is 1. The largest absolute Gasteiger partial charge is 0.494 e. The van der Waals surface area contributed by atoms with Gasteiger partial charge in [-0.05, 0) is 85.6 Å². The molecule has 4 aromatic rings. The van der Waals surface area contributed by atoms with Crippen LogP contribution in [0.5, 0.6) is 5.75 Å². The molecule has 236 valence electrons. The summed E-state index contributed by atoms with van der Waals surface area (Å²) in [4.78, 5) is 29.4. The van der Waals surface area contributed by atoms with Crippen molar-refractivity contribution >= 4 is 55.1 Å². The van der Waals surface area contributed by atoms with E-state index in [1.54, 1.807) is 24.3 Å². The van der Waals surface area contributed by atoms with Gasteiger partial charge in [0.25, 0.3) is 10.0 Å². The van der Waals surface area contributed by atoms with Crippen molar-refractivity contribution in [2.24, 2.45) is 0 Å². The van der Waals surface area contributed by atoms with Crippen LogP contribution < -0.4 is 14.4 Å². The summed E-state index contributed by atoms with van der Waals surface area (Å²) in [6, 6.07) is 28.2. The van der Waals surface area contributed by atoms with Crippen molar-refractivity contribution in [2.75, 3.05) is 24.0 Å². The molecule has 1 atom stereocenters. The van der Waals surface area contributed by atoms with Crippen molar-refractivity contribution in [2.45, 2.75) is 37.8 Å². The topological polar surface area (TPSA) is 96.0 Å². The fourth-order valence-electron chi connectivity index (χ4n) is 4.77. The number of sulfonamides is 1. The molecule has 0 unspecified atom stereocenters. The molecule has 45 heavy (non-hydrogen) atoms. The van der Waals surface area contributed by atoms with Crippen LogP contribution in [-0.2, 0) is 32.6 Å². The van der Waals surface area contributed by atoms with Gasteiger partial charge in [0.15, 0.2) is 0 Å². The van der Waals surface area contributed by atoms with Crippen LogP contribution in [0.3, 0.4) is 0 Å². The minimum atomic E-state index is -4.24. The van der Waals surface area contributed by atoms with Gasteiger partial charge in [0.05, 0.1) is 17.2 Å². The van der Waals surface area contributed by atoms with Crippen molar-refractivity contribution in [1.29, 1.82) is 0 Å². The highest BCUT2D eigenvalue weighted by Crippen LogP contribution is 2.28. The number of amides is 2. The molecular formula is C34H35BrClN3O5S. The Labute approximate surface area is 278 Å². The van der Waals surface area contributed by atoms with E-state index in [-0.39, 0.29) is 29.5 Å².